The minimum atomic E-state index is -3.60. The van der Waals surface area contributed by atoms with E-state index < -0.39 is 10.0 Å². The molecule has 1 aliphatic heterocycles. The number of hydrogen-bond acceptors (Lipinski definition) is 3. The zero-order chi connectivity index (χ0) is 20.3. The van der Waals surface area contributed by atoms with Crippen LogP contribution >= 0.6 is 15.9 Å². The number of halogens is 1. The molecule has 0 aliphatic carbocycles. The second-order valence-corrected chi connectivity index (χ2v) is 10.1. The highest BCUT2D eigenvalue weighted by atomic mass is 79.9. The molecule has 1 N–H and O–H groups in total. The van der Waals surface area contributed by atoms with E-state index in [-0.39, 0.29) is 29.3 Å². The van der Waals surface area contributed by atoms with E-state index in [0.29, 0.717) is 19.4 Å². The summed E-state index contributed by atoms with van der Waals surface area (Å²) in [6.07, 6.45) is 1.37. The zero-order valence-corrected chi connectivity index (χ0v) is 18.5. The molecule has 150 valence electrons. The van der Waals surface area contributed by atoms with Crippen molar-refractivity contribution >= 4 is 31.9 Å². The number of nitrogens with one attached hydrogen (secondary N) is 1. The summed E-state index contributed by atoms with van der Waals surface area (Å²) < 4.78 is 28.1. The first kappa shape index (κ1) is 21.0. The van der Waals surface area contributed by atoms with Crippen LogP contribution in [0.1, 0.15) is 36.9 Å². The van der Waals surface area contributed by atoms with Gasteiger partial charge in [-0.25, -0.2) is 8.42 Å². The number of hydrogen-bond donors (Lipinski definition) is 1. The summed E-state index contributed by atoms with van der Waals surface area (Å²) in [4.78, 5) is 13.1. The predicted molar refractivity (Wildman–Crippen MR) is 113 cm³/mol. The fourth-order valence-corrected chi connectivity index (χ4v) is 5.40. The largest absolute Gasteiger partial charge is 0.349 e. The number of carbonyl (C=O) groups excluding carboxylic acids is 1. The van der Waals surface area contributed by atoms with Gasteiger partial charge in [-0.3, -0.25) is 4.79 Å². The van der Waals surface area contributed by atoms with Gasteiger partial charge in [0.05, 0.1) is 16.9 Å². The SMILES string of the molecule is Cc1ccccc1[C@H](C)NC(=O)[C@H]1CCCN(S(=O)(=O)c2ccc(Br)cc2)C1. The topological polar surface area (TPSA) is 66.5 Å². The van der Waals surface area contributed by atoms with Gasteiger partial charge >= 0.3 is 0 Å². The highest BCUT2D eigenvalue weighted by Crippen LogP contribution is 2.26. The molecule has 3 rings (SSSR count). The van der Waals surface area contributed by atoms with E-state index in [4.69, 9.17) is 0 Å². The third kappa shape index (κ3) is 4.64. The summed E-state index contributed by atoms with van der Waals surface area (Å²) >= 11 is 3.32. The van der Waals surface area contributed by atoms with Crippen LogP contribution in [0.3, 0.4) is 0 Å². The smallest absolute Gasteiger partial charge is 0.243 e. The number of carbonyl (C=O) groups is 1. The first-order chi connectivity index (χ1) is 13.3. The van der Waals surface area contributed by atoms with E-state index in [0.717, 1.165) is 15.6 Å². The molecule has 0 radical (unpaired) electrons. The van der Waals surface area contributed by atoms with Crippen molar-refractivity contribution in [2.75, 3.05) is 13.1 Å². The van der Waals surface area contributed by atoms with Crippen LogP contribution < -0.4 is 5.32 Å². The molecule has 0 unspecified atom stereocenters. The standard InChI is InChI=1S/C21H25BrN2O3S/c1-15-6-3-4-8-20(15)16(2)23-21(25)17-7-5-13-24(14-17)28(26,27)19-11-9-18(22)10-12-19/h3-4,6,8-12,16-17H,5,7,13-14H2,1-2H3,(H,23,25)/t16-,17-/m0/s1. The molecule has 0 aromatic heterocycles. The molecule has 1 heterocycles. The van der Waals surface area contributed by atoms with Gasteiger partial charge in [-0.1, -0.05) is 40.2 Å². The minimum absolute atomic E-state index is 0.0912. The van der Waals surface area contributed by atoms with Crippen LogP contribution in [0.2, 0.25) is 0 Å². The molecule has 1 saturated heterocycles. The molecule has 7 heteroatoms. The summed E-state index contributed by atoms with van der Waals surface area (Å²) in [5, 5.41) is 3.06. The van der Waals surface area contributed by atoms with Crippen LogP contribution in [-0.4, -0.2) is 31.7 Å². The van der Waals surface area contributed by atoms with Crippen LogP contribution in [0.15, 0.2) is 57.9 Å². The van der Waals surface area contributed by atoms with Gasteiger partial charge < -0.3 is 5.32 Å². The third-order valence-electron chi connectivity index (χ3n) is 5.22. The molecule has 2 aromatic rings. The Morgan fingerprint density at radius 1 is 1.18 bits per heavy atom. The first-order valence-corrected chi connectivity index (χ1v) is 11.6. The lowest BCUT2D eigenvalue weighted by molar-refractivity contribution is -0.126. The average Bonchev–Trinajstić information content (AvgIpc) is 2.68. The number of piperidine rings is 1. The molecule has 2 aromatic carbocycles. The van der Waals surface area contributed by atoms with E-state index in [2.05, 4.69) is 21.2 Å². The minimum Gasteiger partial charge on any atom is -0.349 e. The van der Waals surface area contributed by atoms with Gasteiger partial charge in [0.25, 0.3) is 0 Å². The lowest BCUT2D eigenvalue weighted by Crippen LogP contribution is -2.45. The number of amides is 1. The number of sulfonamides is 1. The van der Waals surface area contributed by atoms with Crippen LogP contribution in [-0.2, 0) is 14.8 Å². The highest BCUT2D eigenvalue weighted by Gasteiger charge is 2.33. The Labute approximate surface area is 175 Å². The second kappa shape index (κ2) is 8.76. The lowest BCUT2D eigenvalue weighted by Gasteiger charge is -2.32. The third-order valence-corrected chi connectivity index (χ3v) is 7.63. The van der Waals surface area contributed by atoms with E-state index >= 15 is 0 Å². The van der Waals surface area contributed by atoms with Crippen LogP contribution in [0.4, 0.5) is 0 Å². The maximum atomic E-state index is 12.9. The van der Waals surface area contributed by atoms with Crippen molar-refractivity contribution in [3.63, 3.8) is 0 Å². The van der Waals surface area contributed by atoms with Crippen molar-refractivity contribution in [3.8, 4) is 0 Å². The number of nitrogens with zero attached hydrogens (tertiary/aromatic N) is 1. The maximum absolute atomic E-state index is 12.9. The highest BCUT2D eigenvalue weighted by molar-refractivity contribution is 9.10. The second-order valence-electron chi connectivity index (χ2n) is 7.24. The van der Waals surface area contributed by atoms with Gasteiger partial charge in [0, 0.05) is 17.6 Å². The van der Waals surface area contributed by atoms with E-state index in [1.165, 1.54) is 4.31 Å². The summed E-state index contributed by atoms with van der Waals surface area (Å²) in [7, 11) is -3.60. The van der Waals surface area contributed by atoms with Gasteiger partial charge in [0.1, 0.15) is 0 Å². The Hall–Kier alpha value is -1.70. The molecule has 28 heavy (non-hydrogen) atoms. The molecular weight excluding hydrogens is 440 g/mol. The molecule has 1 amide bonds. The van der Waals surface area contributed by atoms with E-state index in [1.54, 1.807) is 24.3 Å². The van der Waals surface area contributed by atoms with Crippen LogP contribution in [0, 0.1) is 12.8 Å². The summed E-state index contributed by atoms with van der Waals surface area (Å²) in [5.41, 5.74) is 2.20. The predicted octanol–water partition coefficient (Wildman–Crippen LogP) is 4.04. The van der Waals surface area contributed by atoms with Crippen molar-refractivity contribution in [3.05, 3.63) is 64.1 Å². The number of benzene rings is 2. The molecule has 2 atom stereocenters. The monoisotopic (exact) mass is 464 g/mol. The fourth-order valence-electron chi connectivity index (χ4n) is 3.61. The Kier molecular flexibility index (Phi) is 6.58. The van der Waals surface area contributed by atoms with Gasteiger partial charge in [-0.05, 0) is 62.1 Å². The van der Waals surface area contributed by atoms with Gasteiger partial charge in [-0.2, -0.15) is 4.31 Å². The molecular formula is C21H25BrN2O3S. The maximum Gasteiger partial charge on any atom is 0.243 e. The fraction of sp³-hybridized carbons (Fsp3) is 0.381. The van der Waals surface area contributed by atoms with Gasteiger partial charge in [0.15, 0.2) is 0 Å². The molecule has 0 bridgehead atoms. The lowest BCUT2D eigenvalue weighted by atomic mass is 9.97. The molecule has 5 nitrogen and oxygen atoms in total. The summed E-state index contributed by atoms with van der Waals surface area (Å²) in [6.45, 7) is 4.63. The van der Waals surface area contributed by atoms with Crippen molar-refractivity contribution in [2.45, 2.75) is 37.6 Å². The van der Waals surface area contributed by atoms with Crippen molar-refractivity contribution in [2.24, 2.45) is 5.92 Å². The number of aryl methyl sites for hydroxylation is 1. The van der Waals surface area contributed by atoms with Crippen molar-refractivity contribution < 1.29 is 13.2 Å². The van der Waals surface area contributed by atoms with Crippen molar-refractivity contribution in [1.82, 2.24) is 9.62 Å². The van der Waals surface area contributed by atoms with Crippen LogP contribution in [0.5, 0.6) is 0 Å². The summed E-state index contributed by atoms with van der Waals surface area (Å²) in [5.74, 6) is -0.433. The van der Waals surface area contributed by atoms with E-state index in [9.17, 15) is 13.2 Å². The van der Waals surface area contributed by atoms with Crippen LogP contribution in [0.25, 0.3) is 0 Å². The Balaban J connectivity index is 1.69. The van der Waals surface area contributed by atoms with Crippen molar-refractivity contribution in [1.29, 1.82) is 0 Å². The molecule has 1 fully saturated rings. The Morgan fingerprint density at radius 2 is 1.86 bits per heavy atom. The summed E-state index contributed by atoms with van der Waals surface area (Å²) in [6, 6.07) is 14.4. The Bertz CT molecular complexity index is 944. The molecule has 0 saturated carbocycles. The quantitative estimate of drug-likeness (QED) is 0.725. The number of rotatable bonds is 5. The molecule has 0 spiro atoms. The average molecular weight is 465 g/mol. The zero-order valence-electron chi connectivity index (χ0n) is 16.1. The molecule has 1 aliphatic rings. The van der Waals surface area contributed by atoms with E-state index in [1.807, 2.05) is 38.1 Å². The van der Waals surface area contributed by atoms with Gasteiger partial charge in [-0.15, -0.1) is 0 Å². The van der Waals surface area contributed by atoms with Gasteiger partial charge in [0.2, 0.25) is 15.9 Å². The normalized spacial score (nSPS) is 19.2. The first-order valence-electron chi connectivity index (χ1n) is 9.40. The Morgan fingerprint density at radius 3 is 2.54 bits per heavy atom.